The van der Waals surface area contributed by atoms with E-state index in [-0.39, 0.29) is 24.4 Å². The number of carbonyl (C=O) groups is 3. The first kappa shape index (κ1) is 15.7. The first-order valence-electron chi connectivity index (χ1n) is 6.05. The van der Waals surface area contributed by atoms with Gasteiger partial charge in [0.25, 0.3) is 0 Å². The molecule has 0 aromatic heterocycles. The molecular weight excluding hydrogens is 268 g/mol. The lowest BCUT2D eigenvalue weighted by atomic mass is 10.0. The highest BCUT2D eigenvalue weighted by Gasteiger charge is 2.31. The van der Waals surface area contributed by atoms with Crippen LogP contribution in [0, 0.1) is 0 Å². The summed E-state index contributed by atoms with van der Waals surface area (Å²) in [5.74, 6) is -2.15. The van der Waals surface area contributed by atoms with Gasteiger partial charge in [0.15, 0.2) is 0 Å². The maximum Gasteiger partial charge on any atom is 0.351 e. The van der Waals surface area contributed by atoms with Gasteiger partial charge in [0, 0.05) is 0 Å². The molecule has 0 radical (unpaired) electrons. The molecule has 0 saturated heterocycles. The Morgan fingerprint density at radius 1 is 1.10 bits per heavy atom. The van der Waals surface area contributed by atoms with E-state index in [4.69, 9.17) is 14.2 Å². The third kappa shape index (κ3) is 3.59. The zero-order valence-electron chi connectivity index (χ0n) is 11.5. The van der Waals surface area contributed by atoms with E-state index in [0.29, 0.717) is 0 Å². The van der Waals surface area contributed by atoms with Crippen molar-refractivity contribution < 1.29 is 33.3 Å². The van der Waals surface area contributed by atoms with Gasteiger partial charge in [-0.2, -0.15) is 0 Å². The topological polar surface area (TPSA) is 88.1 Å². The summed E-state index contributed by atoms with van der Waals surface area (Å²) < 4.78 is 19.2. The molecule has 1 rings (SSSR count). The second-order valence-electron chi connectivity index (χ2n) is 3.63. The summed E-state index contributed by atoms with van der Waals surface area (Å²) in [4.78, 5) is 35.0. The minimum Gasteiger partial charge on any atom is -0.481 e. The van der Waals surface area contributed by atoms with Crippen molar-refractivity contribution in [3.05, 3.63) is 23.5 Å². The second kappa shape index (κ2) is 7.32. The number of ether oxygens (including phenoxy) is 4. The maximum absolute atomic E-state index is 11.8. The third-order valence-corrected chi connectivity index (χ3v) is 2.36. The van der Waals surface area contributed by atoms with E-state index in [9.17, 15) is 14.4 Å². The molecular formula is C13H16O7. The van der Waals surface area contributed by atoms with Crippen LogP contribution in [0.1, 0.15) is 13.8 Å². The smallest absolute Gasteiger partial charge is 0.351 e. The van der Waals surface area contributed by atoms with Gasteiger partial charge < -0.3 is 18.9 Å². The van der Waals surface area contributed by atoms with Crippen LogP contribution in [0.15, 0.2) is 23.5 Å². The molecule has 0 fully saturated rings. The van der Waals surface area contributed by atoms with Crippen LogP contribution >= 0.6 is 0 Å². The second-order valence-corrected chi connectivity index (χ2v) is 3.63. The zero-order chi connectivity index (χ0) is 15.1. The van der Waals surface area contributed by atoms with Gasteiger partial charge in [0.2, 0.25) is 6.10 Å². The lowest BCUT2D eigenvalue weighted by molar-refractivity contribution is -0.149. The Hall–Kier alpha value is -2.31. The molecule has 0 bridgehead atoms. The van der Waals surface area contributed by atoms with Gasteiger partial charge in [-0.05, 0) is 19.9 Å². The minimum absolute atomic E-state index is 0.0769. The van der Waals surface area contributed by atoms with Crippen LogP contribution in [0.5, 0.6) is 0 Å². The van der Waals surface area contributed by atoms with Crippen LogP contribution in [-0.2, 0) is 33.3 Å². The molecule has 7 nitrogen and oxygen atoms in total. The number of hydrogen-bond acceptors (Lipinski definition) is 7. The number of carbonyl (C=O) groups excluding carboxylic acids is 3. The van der Waals surface area contributed by atoms with Crippen LogP contribution in [0.4, 0.5) is 0 Å². The standard InChI is InChI=1S/C13H16O7/c1-4-18-11(14)8-6-10(13(16)17-3)20-7-9(8)12(15)19-5-2/h6-7,10H,4-5H2,1-3H3. The van der Waals surface area contributed by atoms with Gasteiger partial charge in [-0.15, -0.1) is 0 Å². The fourth-order valence-electron chi connectivity index (χ4n) is 1.48. The first-order valence-corrected chi connectivity index (χ1v) is 6.05. The Labute approximate surface area is 116 Å². The van der Waals surface area contributed by atoms with Crippen molar-refractivity contribution in [2.45, 2.75) is 20.0 Å². The molecule has 20 heavy (non-hydrogen) atoms. The minimum atomic E-state index is -1.10. The summed E-state index contributed by atoms with van der Waals surface area (Å²) in [6.45, 7) is 3.54. The van der Waals surface area contributed by atoms with E-state index in [2.05, 4.69) is 4.74 Å². The van der Waals surface area contributed by atoms with Crippen molar-refractivity contribution in [1.82, 2.24) is 0 Å². The predicted octanol–water partition coefficient (Wildman–Crippen LogP) is 0.495. The highest BCUT2D eigenvalue weighted by atomic mass is 16.6. The third-order valence-electron chi connectivity index (χ3n) is 2.36. The molecule has 1 atom stereocenters. The fourth-order valence-corrected chi connectivity index (χ4v) is 1.48. The first-order chi connectivity index (χ1) is 9.54. The highest BCUT2D eigenvalue weighted by molar-refractivity contribution is 6.07. The van der Waals surface area contributed by atoms with E-state index < -0.39 is 24.0 Å². The van der Waals surface area contributed by atoms with Crippen molar-refractivity contribution in [2.24, 2.45) is 0 Å². The van der Waals surface area contributed by atoms with E-state index in [0.717, 1.165) is 6.26 Å². The monoisotopic (exact) mass is 284 g/mol. The summed E-state index contributed by atoms with van der Waals surface area (Å²) in [7, 11) is 1.19. The van der Waals surface area contributed by atoms with Crippen molar-refractivity contribution in [3.8, 4) is 0 Å². The summed E-state index contributed by atoms with van der Waals surface area (Å²) >= 11 is 0. The van der Waals surface area contributed by atoms with Crippen LogP contribution in [0.3, 0.4) is 0 Å². The Balaban J connectivity index is 3.04. The van der Waals surface area contributed by atoms with E-state index in [1.165, 1.54) is 13.2 Å². The van der Waals surface area contributed by atoms with Crippen LogP contribution < -0.4 is 0 Å². The normalized spacial score (nSPS) is 17.2. The molecule has 0 aliphatic carbocycles. The van der Waals surface area contributed by atoms with Gasteiger partial charge in [-0.1, -0.05) is 0 Å². The summed E-state index contributed by atoms with van der Waals surface area (Å²) in [5, 5.41) is 0. The SMILES string of the molecule is CCOC(=O)C1=COC(C(=O)OC)C=C1C(=O)OCC. The fraction of sp³-hybridized carbons (Fsp3) is 0.462. The van der Waals surface area contributed by atoms with E-state index in [1.807, 2.05) is 0 Å². The number of methoxy groups -OCH3 is 1. The molecule has 0 aromatic rings. The Morgan fingerprint density at radius 2 is 1.65 bits per heavy atom. The van der Waals surface area contributed by atoms with Crippen LogP contribution in [-0.4, -0.2) is 44.3 Å². The van der Waals surface area contributed by atoms with Crippen LogP contribution in [0.25, 0.3) is 0 Å². The molecule has 0 saturated carbocycles. The molecule has 0 amide bonds. The molecule has 1 heterocycles. The van der Waals surface area contributed by atoms with Crippen molar-refractivity contribution >= 4 is 17.9 Å². The zero-order valence-corrected chi connectivity index (χ0v) is 11.5. The lowest BCUT2D eigenvalue weighted by Crippen LogP contribution is -2.29. The maximum atomic E-state index is 11.8. The summed E-state index contributed by atoms with van der Waals surface area (Å²) in [6.07, 6.45) is 1.08. The number of esters is 3. The molecule has 1 aliphatic rings. The van der Waals surface area contributed by atoms with Crippen molar-refractivity contribution in [1.29, 1.82) is 0 Å². The highest BCUT2D eigenvalue weighted by Crippen LogP contribution is 2.21. The summed E-state index contributed by atoms with van der Waals surface area (Å²) in [5.41, 5.74) is -0.169. The van der Waals surface area contributed by atoms with Gasteiger partial charge in [0.1, 0.15) is 11.8 Å². The quantitative estimate of drug-likeness (QED) is 0.536. The number of rotatable bonds is 5. The lowest BCUT2D eigenvalue weighted by Gasteiger charge is -2.19. The van der Waals surface area contributed by atoms with Crippen LogP contribution in [0.2, 0.25) is 0 Å². The largest absolute Gasteiger partial charge is 0.481 e. The number of hydrogen-bond donors (Lipinski definition) is 0. The van der Waals surface area contributed by atoms with Crippen molar-refractivity contribution in [2.75, 3.05) is 20.3 Å². The van der Waals surface area contributed by atoms with Crippen molar-refractivity contribution in [3.63, 3.8) is 0 Å². The summed E-state index contributed by atoms with van der Waals surface area (Å²) in [6, 6.07) is 0. The Bertz CT molecular complexity index is 461. The molecule has 1 unspecified atom stereocenters. The van der Waals surface area contributed by atoms with E-state index in [1.54, 1.807) is 13.8 Å². The molecule has 0 aromatic carbocycles. The predicted molar refractivity (Wildman–Crippen MR) is 66.3 cm³/mol. The Morgan fingerprint density at radius 3 is 2.15 bits per heavy atom. The molecule has 0 N–H and O–H groups in total. The molecule has 1 aliphatic heterocycles. The Kier molecular flexibility index (Phi) is 5.76. The molecule has 7 heteroatoms. The molecule has 0 spiro atoms. The average molecular weight is 284 g/mol. The average Bonchev–Trinajstić information content (AvgIpc) is 2.46. The van der Waals surface area contributed by atoms with E-state index >= 15 is 0 Å². The van der Waals surface area contributed by atoms with Gasteiger partial charge in [0.05, 0.1) is 25.9 Å². The van der Waals surface area contributed by atoms with Gasteiger partial charge in [-0.3, -0.25) is 0 Å². The van der Waals surface area contributed by atoms with Gasteiger partial charge in [-0.25, -0.2) is 14.4 Å². The molecule has 110 valence electrons. The van der Waals surface area contributed by atoms with Gasteiger partial charge >= 0.3 is 17.9 Å².